The number of carboxylic acid groups (broad SMARTS) is 1. The number of aromatic carboxylic acids is 1. The van der Waals surface area contributed by atoms with Gasteiger partial charge in [-0.25, -0.2) is 17.6 Å². The molecule has 28 heavy (non-hydrogen) atoms. The minimum atomic E-state index is -3.63. The molecule has 0 aliphatic rings. The molecule has 2 aromatic carbocycles. The normalized spacial score (nSPS) is 11.4. The van der Waals surface area contributed by atoms with E-state index in [0.717, 1.165) is 32.1 Å². The highest BCUT2D eigenvalue weighted by Gasteiger charge is 2.17. The van der Waals surface area contributed by atoms with E-state index in [-0.39, 0.29) is 22.8 Å². The summed E-state index contributed by atoms with van der Waals surface area (Å²) in [5.74, 6) is -1.67. The van der Waals surface area contributed by atoms with E-state index in [1.807, 2.05) is 0 Å². The van der Waals surface area contributed by atoms with Crippen molar-refractivity contribution < 1.29 is 22.7 Å². The van der Waals surface area contributed by atoms with Gasteiger partial charge in [0.15, 0.2) is 0 Å². The average Bonchev–Trinajstić information content (AvgIpc) is 2.65. The molecule has 2 aromatic rings. The molecule has 2 N–H and O–H groups in total. The summed E-state index contributed by atoms with van der Waals surface area (Å²) in [7, 11) is -3.63. The molecule has 0 unspecified atom stereocenters. The smallest absolute Gasteiger partial charge is 0.337 e. The lowest BCUT2D eigenvalue weighted by molar-refractivity contribution is 0.0698. The van der Waals surface area contributed by atoms with E-state index in [4.69, 9.17) is 0 Å². The highest BCUT2D eigenvalue weighted by Crippen LogP contribution is 2.26. The zero-order chi connectivity index (χ0) is 20.6. The van der Waals surface area contributed by atoms with Gasteiger partial charge in [0.05, 0.1) is 17.0 Å². The van der Waals surface area contributed by atoms with Crippen LogP contribution in [0, 0.1) is 5.82 Å². The Labute approximate surface area is 165 Å². The third-order valence-corrected chi connectivity index (χ3v) is 5.82. The van der Waals surface area contributed by atoms with Crippen LogP contribution in [0.4, 0.5) is 10.1 Å². The molecule has 152 valence electrons. The van der Waals surface area contributed by atoms with Crippen LogP contribution in [0.1, 0.15) is 55.8 Å². The zero-order valence-electron chi connectivity index (χ0n) is 15.9. The Morgan fingerprint density at radius 1 is 0.964 bits per heavy atom. The molecular formula is C21H26FNO4S. The molecule has 2 rings (SSSR count). The number of rotatable bonds is 11. The molecular weight excluding hydrogens is 381 g/mol. The maximum absolute atomic E-state index is 13.1. The molecule has 0 aliphatic carbocycles. The third-order valence-electron chi connectivity index (χ3n) is 4.46. The Hall–Kier alpha value is -2.41. The van der Waals surface area contributed by atoms with Crippen LogP contribution in [0.15, 0.2) is 42.5 Å². The van der Waals surface area contributed by atoms with Gasteiger partial charge in [0.1, 0.15) is 5.82 Å². The summed E-state index contributed by atoms with van der Waals surface area (Å²) in [6, 6.07) is 10.1. The maximum atomic E-state index is 13.1. The number of halogens is 1. The molecule has 0 aromatic heterocycles. The fourth-order valence-corrected chi connectivity index (χ4v) is 4.12. The first-order valence-electron chi connectivity index (χ1n) is 9.46. The Morgan fingerprint density at radius 3 is 2.21 bits per heavy atom. The van der Waals surface area contributed by atoms with Crippen LogP contribution < -0.4 is 4.72 Å². The minimum absolute atomic E-state index is 0.0318. The number of sulfonamides is 1. The summed E-state index contributed by atoms with van der Waals surface area (Å²) in [5, 5.41) is 9.48. The lowest BCUT2D eigenvalue weighted by Gasteiger charge is -2.12. The van der Waals surface area contributed by atoms with Crippen LogP contribution in [0.25, 0.3) is 11.1 Å². The molecule has 0 aliphatic heterocycles. The number of unbranched alkanes of at least 4 members (excludes halogenated alkanes) is 5. The van der Waals surface area contributed by atoms with E-state index in [2.05, 4.69) is 11.6 Å². The van der Waals surface area contributed by atoms with Crippen LogP contribution in [-0.2, 0) is 10.0 Å². The first kappa shape index (κ1) is 21.9. The number of nitrogens with one attached hydrogen (secondary N) is 1. The van der Waals surface area contributed by atoms with Crippen molar-refractivity contribution in [1.29, 1.82) is 0 Å². The van der Waals surface area contributed by atoms with Crippen molar-refractivity contribution in [2.24, 2.45) is 0 Å². The summed E-state index contributed by atoms with van der Waals surface area (Å²) < 4.78 is 40.1. The minimum Gasteiger partial charge on any atom is -0.478 e. The Bertz CT molecular complexity index is 895. The molecule has 7 heteroatoms. The topological polar surface area (TPSA) is 83.5 Å². The second kappa shape index (κ2) is 10.2. The number of benzene rings is 2. The van der Waals surface area contributed by atoms with Gasteiger partial charge in [0.25, 0.3) is 0 Å². The molecule has 0 heterocycles. The van der Waals surface area contributed by atoms with Crippen molar-refractivity contribution in [3.8, 4) is 11.1 Å². The third kappa shape index (κ3) is 6.64. The fourth-order valence-electron chi connectivity index (χ4n) is 2.92. The monoisotopic (exact) mass is 407 g/mol. The lowest BCUT2D eigenvalue weighted by atomic mass is 10.0. The summed E-state index contributed by atoms with van der Waals surface area (Å²) in [6.45, 7) is 2.12. The molecule has 0 spiro atoms. The maximum Gasteiger partial charge on any atom is 0.337 e. The van der Waals surface area contributed by atoms with Crippen molar-refractivity contribution in [2.45, 2.75) is 45.4 Å². The zero-order valence-corrected chi connectivity index (χ0v) is 16.8. The van der Waals surface area contributed by atoms with Crippen LogP contribution >= 0.6 is 0 Å². The van der Waals surface area contributed by atoms with Crippen molar-refractivity contribution >= 4 is 21.7 Å². The van der Waals surface area contributed by atoms with Gasteiger partial charge in [-0.15, -0.1) is 0 Å². The lowest BCUT2D eigenvalue weighted by Crippen LogP contribution is -2.18. The van der Waals surface area contributed by atoms with Gasteiger partial charge in [0, 0.05) is 0 Å². The highest BCUT2D eigenvalue weighted by atomic mass is 32.2. The van der Waals surface area contributed by atoms with Crippen LogP contribution in [0.2, 0.25) is 0 Å². The van der Waals surface area contributed by atoms with Gasteiger partial charge >= 0.3 is 5.97 Å². The number of hydrogen-bond acceptors (Lipinski definition) is 3. The average molecular weight is 408 g/mol. The van der Waals surface area contributed by atoms with Gasteiger partial charge in [-0.05, 0) is 41.8 Å². The summed E-state index contributed by atoms with van der Waals surface area (Å²) in [5.41, 5.74) is 1.10. The van der Waals surface area contributed by atoms with E-state index in [9.17, 15) is 22.7 Å². The van der Waals surface area contributed by atoms with Crippen molar-refractivity contribution in [1.82, 2.24) is 0 Å². The van der Waals surface area contributed by atoms with Gasteiger partial charge < -0.3 is 5.11 Å². The van der Waals surface area contributed by atoms with Crippen molar-refractivity contribution in [3.05, 3.63) is 53.8 Å². The Balaban J connectivity index is 2.10. The van der Waals surface area contributed by atoms with Crippen LogP contribution in [0.3, 0.4) is 0 Å². The molecule has 0 bridgehead atoms. The molecule has 0 saturated heterocycles. The molecule has 5 nitrogen and oxygen atoms in total. The van der Waals surface area contributed by atoms with Gasteiger partial charge in [-0.3, -0.25) is 4.72 Å². The van der Waals surface area contributed by atoms with E-state index in [1.165, 1.54) is 24.3 Å². The standard InChI is InChI=1S/C21H26FNO4S/c1-2-3-4-5-6-7-14-28(26,27)23-20-13-10-17(15-19(20)21(24)25)16-8-11-18(22)12-9-16/h8-13,15,23H,2-7,14H2,1H3,(H,24,25). The van der Waals surface area contributed by atoms with E-state index in [0.29, 0.717) is 17.5 Å². The van der Waals surface area contributed by atoms with Gasteiger partial charge in [-0.2, -0.15) is 0 Å². The van der Waals surface area contributed by atoms with Crippen LogP contribution in [-0.4, -0.2) is 25.2 Å². The molecule has 0 amide bonds. The first-order valence-corrected chi connectivity index (χ1v) is 11.1. The predicted molar refractivity (Wildman–Crippen MR) is 110 cm³/mol. The quantitative estimate of drug-likeness (QED) is 0.496. The van der Waals surface area contributed by atoms with E-state index < -0.39 is 16.0 Å². The molecule has 0 fully saturated rings. The largest absolute Gasteiger partial charge is 0.478 e. The number of anilines is 1. The van der Waals surface area contributed by atoms with Crippen molar-refractivity contribution in [3.63, 3.8) is 0 Å². The SMILES string of the molecule is CCCCCCCCS(=O)(=O)Nc1ccc(-c2ccc(F)cc2)cc1C(=O)O. The second-order valence-corrected chi connectivity index (χ2v) is 8.60. The van der Waals surface area contributed by atoms with E-state index >= 15 is 0 Å². The highest BCUT2D eigenvalue weighted by molar-refractivity contribution is 7.92. The summed E-state index contributed by atoms with van der Waals surface area (Å²) in [6.07, 6.45) is 5.73. The molecule has 0 atom stereocenters. The second-order valence-electron chi connectivity index (χ2n) is 6.76. The fraction of sp³-hybridized carbons (Fsp3) is 0.381. The summed E-state index contributed by atoms with van der Waals surface area (Å²) in [4.78, 5) is 11.6. The van der Waals surface area contributed by atoms with E-state index in [1.54, 1.807) is 18.2 Å². The Kier molecular flexibility index (Phi) is 7.99. The molecule has 0 radical (unpaired) electrons. The predicted octanol–water partition coefficient (Wildman–Crippen LogP) is 5.29. The molecule has 0 saturated carbocycles. The van der Waals surface area contributed by atoms with Gasteiger partial charge in [-0.1, -0.05) is 57.2 Å². The van der Waals surface area contributed by atoms with Crippen LogP contribution in [0.5, 0.6) is 0 Å². The summed E-state index contributed by atoms with van der Waals surface area (Å²) >= 11 is 0. The number of carbonyl (C=O) groups is 1. The number of carboxylic acids is 1. The van der Waals surface area contributed by atoms with Gasteiger partial charge in [0.2, 0.25) is 10.0 Å². The Morgan fingerprint density at radius 2 is 1.57 bits per heavy atom. The van der Waals surface area contributed by atoms with Crippen molar-refractivity contribution in [2.75, 3.05) is 10.5 Å². The number of hydrogen-bond donors (Lipinski definition) is 2. The first-order chi connectivity index (χ1) is 13.3.